The molecule has 31 heavy (non-hydrogen) atoms. The van der Waals surface area contributed by atoms with Crippen molar-refractivity contribution in [3.63, 3.8) is 0 Å². The molecule has 0 saturated heterocycles. The van der Waals surface area contributed by atoms with Crippen LogP contribution in [-0.4, -0.2) is 20.9 Å². The van der Waals surface area contributed by atoms with Crippen LogP contribution in [0.1, 0.15) is 18.1 Å². The molecule has 1 aliphatic heterocycles. The van der Waals surface area contributed by atoms with Crippen LogP contribution in [0.4, 0.5) is 15.8 Å². The first kappa shape index (κ1) is 21.1. The Morgan fingerprint density at radius 3 is 2.39 bits per heavy atom. The largest absolute Gasteiger partial charge is 0.319 e. The van der Waals surface area contributed by atoms with Crippen LogP contribution in [0.5, 0.6) is 0 Å². The molecule has 0 aromatic heterocycles. The van der Waals surface area contributed by atoms with E-state index in [4.69, 9.17) is 11.6 Å². The van der Waals surface area contributed by atoms with E-state index in [1.807, 2.05) is 0 Å². The molecule has 0 bridgehead atoms. The normalized spacial score (nSPS) is 14.9. The number of hydrogen-bond donors (Lipinski definition) is 1. The van der Waals surface area contributed by atoms with Crippen LogP contribution < -0.4 is 9.62 Å². The van der Waals surface area contributed by atoms with Crippen LogP contribution in [0.15, 0.2) is 77.7 Å². The summed E-state index contributed by atoms with van der Waals surface area (Å²) in [5.74, 6) is -1.59. The average Bonchev–Trinajstić information content (AvgIpc) is 2.75. The molecule has 0 radical (unpaired) electrons. The highest BCUT2D eigenvalue weighted by Crippen LogP contribution is 2.44. The number of para-hydroxylation sites is 1. The SMILES string of the molecule is CCN1c2ccc(Cl)cc2C(c2ccccc2)=C(C(=O)Nc2ccccc2F)S1(=O)=O. The molecule has 8 heteroatoms. The van der Waals surface area contributed by atoms with Crippen LogP contribution >= 0.6 is 11.6 Å². The van der Waals surface area contributed by atoms with Gasteiger partial charge < -0.3 is 5.32 Å². The highest BCUT2D eigenvalue weighted by Gasteiger charge is 2.41. The maximum Gasteiger partial charge on any atom is 0.270 e. The molecule has 1 N–H and O–H groups in total. The highest BCUT2D eigenvalue weighted by molar-refractivity contribution is 7.97. The van der Waals surface area contributed by atoms with Gasteiger partial charge in [0, 0.05) is 22.7 Å². The second kappa shape index (κ2) is 8.17. The molecule has 3 aromatic rings. The maximum absolute atomic E-state index is 14.2. The first-order valence-electron chi connectivity index (χ1n) is 9.53. The number of anilines is 2. The van der Waals surface area contributed by atoms with Gasteiger partial charge in [0.25, 0.3) is 15.9 Å². The fourth-order valence-corrected chi connectivity index (χ4v) is 5.54. The standard InChI is InChI=1S/C23H18ClFN2O3S/c1-2-27-20-13-12-16(24)14-17(20)21(15-8-4-3-5-9-15)22(31(27,29)30)23(28)26-19-11-7-6-10-18(19)25/h3-14H,2H2,1H3,(H,26,28). The molecule has 158 valence electrons. The number of carbonyl (C=O) groups is 1. The summed E-state index contributed by atoms with van der Waals surface area (Å²) in [6, 6.07) is 19.2. The molecular weight excluding hydrogens is 439 g/mol. The van der Waals surface area contributed by atoms with Gasteiger partial charge in [0.05, 0.1) is 11.4 Å². The van der Waals surface area contributed by atoms with E-state index in [0.717, 1.165) is 4.31 Å². The summed E-state index contributed by atoms with van der Waals surface area (Å²) in [4.78, 5) is 12.8. The number of carbonyl (C=O) groups excluding carboxylic acids is 1. The quantitative estimate of drug-likeness (QED) is 0.597. The Hall–Kier alpha value is -3.16. The van der Waals surface area contributed by atoms with Gasteiger partial charge in [-0.2, -0.15) is 0 Å². The maximum atomic E-state index is 14.2. The zero-order chi connectivity index (χ0) is 22.2. The van der Waals surface area contributed by atoms with Crippen LogP contribution in [-0.2, 0) is 14.8 Å². The Bertz CT molecular complexity index is 1310. The van der Waals surface area contributed by atoms with Crippen LogP contribution in [0.25, 0.3) is 5.57 Å². The van der Waals surface area contributed by atoms with Gasteiger partial charge in [0.1, 0.15) is 5.82 Å². The minimum absolute atomic E-state index is 0.107. The molecule has 5 nitrogen and oxygen atoms in total. The molecule has 1 amide bonds. The minimum atomic E-state index is -4.23. The lowest BCUT2D eigenvalue weighted by molar-refractivity contribution is -0.112. The van der Waals surface area contributed by atoms with E-state index < -0.39 is 26.7 Å². The van der Waals surface area contributed by atoms with Crippen molar-refractivity contribution in [3.05, 3.63) is 99.7 Å². The Morgan fingerprint density at radius 2 is 1.71 bits per heavy atom. The van der Waals surface area contributed by atoms with E-state index in [2.05, 4.69) is 5.32 Å². The summed E-state index contributed by atoms with van der Waals surface area (Å²) in [7, 11) is -4.23. The fraction of sp³-hybridized carbons (Fsp3) is 0.0870. The van der Waals surface area contributed by atoms with Crippen molar-refractivity contribution >= 4 is 44.5 Å². The third kappa shape index (κ3) is 3.71. The van der Waals surface area contributed by atoms with Crippen molar-refractivity contribution < 1.29 is 17.6 Å². The topological polar surface area (TPSA) is 66.5 Å². The smallest absolute Gasteiger partial charge is 0.270 e. The van der Waals surface area contributed by atoms with Gasteiger partial charge in [-0.1, -0.05) is 54.1 Å². The van der Waals surface area contributed by atoms with Gasteiger partial charge in [-0.05, 0) is 42.8 Å². The lowest BCUT2D eigenvalue weighted by Gasteiger charge is -2.33. The number of hydrogen-bond acceptors (Lipinski definition) is 3. The summed E-state index contributed by atoms with van der Waals surface area (Å²) >= 11 is 6.23. The first-order valence-corrected chi connectivity index (χ1v) is 11.3. The van der Waals surface area contributed by atoms with E-state index in [0.29, 0.717) is 21.8 Å². The molecule has 1 heterocycles. The molecule has 3 aromatic carbocycles. The molecule has 0 fully saturated rings. The van der Waals surface area contributed by atoms with Crippen LogP contribution in [0.3, 0.4) is 0 Å². The summed E-state index contributed by atoms with van der Waals surface area (Å²) in [6.07, 6.45) is 0. The molecule has 0 atom stereocenters. The van der Waals surface area contributed by atoms with Crippen LogP contribution in [0.2, 0.25) is 5.02 Å². The zero-order valence-corrected chi connectivity index (χ0v) is 18.0. The molecular formula is C23H18ClFN2O3S. The molecule has 0 aliphatic carbocycles. The lowest BCUT2D eigenvalue weighted by atomic mass is 9.95. The average molecular weight is 457 g/mol. The van der Waals surface area contributed by atoms with Crippen LogP contribution in [0, 0.1) is 5.82 Å². The molecule has 4 rings (SSSR count). The summed E-state index contributed by atoms with van der Waals surface area (Å²) in [5.41, 5.74) is 1.57. The van der Waals surface area contributed by atoms with Gasteiger partial charge in [0.2, 0.25) is 0 Å². The van der Waals surface area contributed by atoms with Crippen molar-refractivity contribution in [1.82, 2.24) is 0 Å². The Balaban J connectivity index is 2.02. The predicted octanol–water partition coefficient (Wildman–Crippen LogP) is 5.05. The Labute approximate surface area is 184 Å². The van der Waals surface area contributed by atoms with Crippen molar-refractivity contribution in [1.29, 1.82) is 0 Å². The fourth-order valence-electron chi connectivity index (χ4n) is 3.62. The van der Waals surface area contributed by atoms with Crippen molar-refractivity contribution in [2.24, 2.45) is 0 Å². The van der Waals surface area contributed by atoms with Crippen molar-refractivity contribution in [3.8, 4) is 0 Å². The third-order valence-electron chi connectivity index (χ3n) is 4.95. The number of sulfonamides is 1. The van der Waals surface area contributed by atoms with E-state index in [-0.39, 0.29) is 17.8 Å². The summed E-state index contributed by atoms with van der Waals surface area (Å²) < 4.78 is 42.5. The van der Waals surface area contributed by atoms with Gasteiger partial charge in [0.15, 0.2) is 4.91 Å². The number of nitrogens with one attached hydrogen (secondary N) is 1. The van der Waals surface area contributed by atoms with Gasteiger partial charge in [-0.25, -0.2) is 12.8 Å². The summed E-state index contributed by atoms with van der Waals surface area (Å²) in [5, 5.41) is 2.81. The zero-order valence-electron chi connectivity index (χ0n) is 16.5. The van der Waals surface area contributed by atoms with Gasteiger partial charge in [-0.3, -0.25) is 9.10 Å². The third-order valence-corrected chi connectivity index (χ3v) is 7.13. The van der Waals surface area contributed by atoms with E-state index >= 15 is 0 Å². The number of nitrogens with zero attached hydrogens (tertiary/aromatic N) is 1. The highest BCUT2D eigenvalue weighted by atomic mass is 35.5. The number of fused-ring (bicyclic) bond motifs is 1. The second-order valence-electron chi connectivity index (χ2n) is 6.84. The van der Waals surface area contributed by atoms with Crippen molar-refractivity contribution in [2.45, 2.75) is 6.92 Å². The number of halogens is 2. The van der Waals surface area contributed by atoms with E-state index in [1.165, 1.54) is 18.2 Å². The molecule has 1 aliphatic rings. The number of amides is 1. The minimum Gasteiger partial charge on any atom is -0.319 e. The number of benzene rings is 3. The van der Waals surface area contributed by atoms with E-state index in [9.17, 15) is 17.6 Å². The first-order chi connectivity index (χ1) is 14.8. The van der Waals surface area contributed by atoms with Gasteiger partial charge >= 0.3 is 0 Å². The predicted molar refractivity (Wildman–Crippen MR) is 121 cm³/mol. The van der Waals surface area contributed by atoms with E-state index in [1.54, 1.807) is 61.5 Å². The molecule has 0 unspecified atom stereocenters. The lowest BCUT2D eigenvalue weighted by Crippen LogP contribution is -2.39. The Morgan fingerprint density at radius 1 is 1.03 bits per heavy atom. The Kier molecular flexibility index (Phi) is 5.56. The van der Waals surface area contributed by atoms with Gasteiger partial charge in [-0.15, -0.1) is 0 Å². The molecule has 0 saturated carbocycles. The second-order valence-corrected chi connectivity index (χ2v) is 9.07. The monoisotopic (exact) mass is 456 g/mol. The van der Waals surface area contributed by atoms with Crippen molar-refractivity contribution in [2.75, 3.05) is 16.2 Å². The summed E-state index contributed by atoms with van der Waals surface area (Å²) in [6.45, 7) is 1.78. The molecule has 0 spiro atoms. The number of rotatable bonds is 4.